The molecule has 0 unspecified atom stereocenters. The van der Waals surface area contributed by atoms with Crippen molar-refractivity contribution in [3.8, 4) is 5.82 Å². The van der Waals surface area contributed by atoms with Crippen molar-refractivity contribution >= 4 is 21.6 Å². The molecule has 10 heteroatoms. The minimum atomic E-state index is -3.74. The SMILES string of the molecule is Cc1c(Cl)cccc1S(=O)(=O)NCCn1nc(-n2cccn2)ccc1=O. The van der Waals surface area contributed by atoms with E-state index in [1.807, 2.05) is 0 Å². The van der Waals surface area contributed by atoms with Gasteiger partial charge in [-0.15, -0.1) is 5.10 Å². The Kier molecular flexibility index (Phi) is 5.21. The van der Waals surface area contributed by atoms with E-state index in [1.165, 1.54) is 21.5 Å². The van der Waals surface area contributed by atoms with Crippen LogP contribution in [0.2, 0.25) is 5.02 Å². The number of halogens is 1. The molecule has 8 nitrogen and oxygen atoms in total. The Hall–Kier alpha value is -2.49. The fourth-order valence-corrected chi connectivity index (χ4v) is 3.88. The van der Waals surface area contributed by atoms with Gasteiger partial charge >= 0.3 is 0 Å². The van der Waals surface area contributed by atoms with Gasteiger partial charge in [-0.1, -0.05) is 17.7 Å². The van der Waals surface area contributed by atoms with Gasteiger partial charge < -0.3 is 0 Å². The summed E-state index contributed by atoms with van der Waals surface area (Å²) in [7, 11) is -3.74. The quantitative estimate of drug-likeness (QED) is 0.681. The second kappa shape index (κ2) is 7.40. The summed E-state index contributed by atoms with van der Waals surface area (Å²) >= 11 is 5.98. The highest BCUT2D eigenvalue weighted by atomic mass is 35.5. The molecule has 136 valence electrons. The number of hydrogen-bond acceptors (Lipinski definition) is 5. The van der Waals surface area contributed by atoms with Gasteiger partial charge in [-0.05, 0) is 36.8 Å². The molecular formula is C16H16ClN5O3S. The Morgan fingerprint density at radius 3 is 2.73 bits per heavy atom. The van der Waals surface area contributed by atoms with Crippen LogP contribution in [0.1, 0.15) is 5.56 Å². The fraction of sp³-hybridized carbons (Fsp3) is 0.188. The molecule has 1 N–H and O–H groups in total. The summed E-state index contributed by atoms with van der Waals surface area (Å²) in [5.41, 5.74) is 0.136. The molecule has 0 radical (unpaired) electrons. The molecule has 0 saturated heterocycles. The maximum Gasteiger partial charge on any atom is 0.266 e. The first-order chi connectivity index (χ1) is 12.4. The molecule has 0 spiro atoms. The summed E-state index contributed by atoms with van der Waals surface area (Å²) in [6.45, 7) is 1.72. The highest BCUT2D eigenvalue weighted by Crippen LogP contribution is 2.22. The lowest BCUT2D eigenvalue weighted by Crippen LogP contribution is -2.32. The lowest BCUT2D eigenvalue weighted by Gasteiger charge is -2.11. The van der Waals surface area contributed by atoms with Crippen LogP contribution < -0.4 is 10.3 Å². The minimum Gasteiger partial charge on any atom is -0.268 e. The van der Waals surface area contributed by atoms with Gasteiger partial charge in [-0.3, -0.25) is 4.79 Å². The largest absolute Gasteiger partial charge is 0.268 e. The van der Waals surface area contributed by atoms with Gasteiger partial charge in [0.25, 0.3) is 5.56 Å². The van der Waals surface area contributed by atoms with E-state index in [4.69, 9.17) is 11.6 Å². The fourth-order valence-electron chi connectivity index (χ4n) is 2.37. The van der Waals surface area contributed by atoms with Crippen molar-refractivity contribution in [3.63, 3.8) is 0 Å². The van der Waals surface area contributed by atoms with E-state index in [2.05, 4.69) is 14.9 Å². The van der Waals surface area contributed by atoms with Crippen LogP contribution in [0.3, 0.4) is 0 Å². The lowest BCUT2D eigenvalue weighted by molar-refractivity contribution is 0.541. The maximum atomic E-state index is 12.4. The molecule has 0 bridgehead atoms. The maximum absolute atomic E-state index is 12.4. The minimum absolute atomic E-state index is 0.00372. The monoisotopic (exact) mass is 393 g/mol. The molecule has 2 aromatic heterocycles. The average molecular weight is 394 g/mol. The van der Waals surface area contributed by atoms with E-state index in [1.54, 1.807) is 43.6 Å². The van der Waals surface area contributed by atoms with Gasteiger partial charge in [0.1, 0.15) is 0 Å². The molecule has 3 rings (SSSR count). The third kappa shape index (κ3) is 3.85. The molecule has 0 atom stereocenters. The molecule has 0 aliphatic heterocycles. The molecule has 26 heavy (non-hydrogen) atoms. The standard InChI is InChI=1S/C16H16ClN5O3S/c1-12-13(17)4-2-5-14(12)26(24,25)19-9-11-22-16(23)7-6-15(20-22)21-10-3-8-18-21/h2-8,10,19H,9,11H2,1H3. The summed E-state index contributed by atoms with van der Waals surface area (Å²) in [6.07, 6.45) is 3.29. The third-order valence-electron chi connectivity index (χ3n) is 3.71. The van der Waals surface area contributed by atoms with Gasteiger partial charge in [-0.2, -0.15) is 5.10 Å². The second-order valence-corrected chi connectivity index (χ2v) is 7.61. The first-order valence-electron chi connectivity index (χ1n) is 7.71. The Labute approximate surface area is 155 Å². The van der Waals surface area contributed by atoms with E-state index in [0.29, 0.717) is 16.4 Å². The molecule has 0 aliphatic carbocycles. The van der Waals surface area contributed by atoms with Crippen LogP contribution in [0, 0.1) is 6.92 Å². The first kappa shape index (κ1) is 18.3. The predicted molar refractivity (Wildman–Crippen MR) is 97.0 cm³/mol. The lowest BCUT2D eigenvalue weighted by atomic mass is 10.2. The summed E-state index contributed by atoms with van der Waals surface area (Å²) in [4.78, 5) is 12.0. The van der Waals surface area contributed by atoms with Crippen LogP contribution in [0.4, 0.5) is 0 Å². The zero-order valence-electron chi connectivity index (χ0n) is 13.8. The molecule has 0 aliphatic rings. The normalized spacial score (nSPS) is 11.6. The highest BCUT2D eigenvalue weighted by molar-refractivity contribution is 7.89. The van der Waals surface area contributed by atoms with Gasteiger partial charge in [0, 0.05) is 30.0 Å². The van der Waals surface area contributed by atoms with Gasteiger partial charge in [0.2, 0.25) is 10.0 Å². The Morgan fingerprint density at radius 2 is 2.00 bits per heavy atom. The predicted octanol–water partition coefficient (Wildman–Crippen LogP) is 1.37. The van der Waals surface area contributed by atoms with Crippen molar-refractivity contribution in [2.45, 2.75) is 18.4 Å². The van der Waals surface area contributed by atoms with E-state index >= 15 is 0 Å². The zero-order chi connectivity index (χ0) is 18.7. The summed E-state index contributed by atoms with van der Waals surface area (Å²) < 4.78 is 30.0. The molecule has 3 aromatic rings. The number of hydrogen-bond donors (Lipinski definition) is 1. The highest BCUT2D eigenvalue weighted by Gasteiger charge is 2.17. The Balaban J connectivity index is 1.75. The summed E-state index contributed by atoms with van der Waals surface area (Å²) in [5.74, 6) is 0.461. The molecule has 0 amide bonds. The van der Waals surface area contributed by atoms with Gasteiger partial charge in [0.15, 0.2) is 5.82 Å². The molecule has 2 heterocycles. The molecule has 0 saturated carbocycles. The molecule has 1 aromatic carbocycles. The first-order valence-corrected chi connectivity index (χ1v) is 9.57. The number of benzene rings is 1. The van der Waals surface area contributed by atoms with Crippen LogP contribution in [-0.2, 0) is 16.6 Å². The van der Waals surface area contributed by atoms with E-state index in [9.17, 15) is 13.2 Å². The number of nitrogens with zero attached hydrogens (tertiary/aromatic N) is 4. The number of nitrogens with one attached hydrogen (secondary N) is 1. The molecular weight excluding hydrogens is 378 g/mol. The number of rotatable bonds is 6. The van der Waals surface area contributed by atoms with Crippen LogP contribution in [0.5, 0.6) is 0 Å². The van der Waals surface area contributed by atoms with Crippen LogP contribution >= 0.6 is 11.6 Å². The van der Waals surface area contributed by atoms with Gasteiger partial charge in [0.05, 0.1) is 11.4 Å². The summed E-state index contributed by atoms with van der Waals surface area (Å²) in [6, 6.07) is 9.32. The van der Waals surface area contributed by atoms with Crippen molar-refractivity contribution in [2.75, 3.05) is 6.54 Å². The zero-order valence-corrected chi connectivity index (χ0v) is 15.4. The third-order valence-corrected chi connectivity index (χ3v) is 5.73. The van der Waals surface area contributed by atoms with Crippen molar-refractivity contribution in [1.29, 1.82) is 0 Å². The number of sulfonamides is 1. The topological polar surface area (TPSA) is 98.9 Å². The van der Waals surface area contributed by atoms with Crippen molar-refractivity contribution in [1.82, 2.24) is 24.3 Å². The van der Waals surface area contributed by atoms with E-state index in [-0.39, 0.29) is 23.5 Å². The van der Waals surface area contributed by atoms with Crippen molar-refractivity contribution in [3.05, 3.63) is 69.7 Å². The van der Waals surface area contributed by atoms with Crippen molar-refractivity contribution < 1.29 is 8.42 Å². The Bertz CT molecular complexity index is 1080. The van der Waals surface area contributed by atoms with E-state index < -0.39 is 10.0 Å². The average Bonchev–Trinajstić information content (AvgIpc) is 3.13. The van der Waals surface area contributed by atoms with Crippen LogP contribution in [0.15, 0.2) is 58.5 Å². The smallest absolute Gasteiger partial charge is 0.266 e. The summed E-state index contributed by atoms with van der Waals surface area (Å²) in [5, 5.41) is 8.61. The number of aromatic nitrogens is 4. The second-order valence-electron chi connectivity index (χ2n) is 5.46. The Morgan fingerprint density at radius 1 is 1.19 bits per heavy atom. The molecule has 0 fully saturated rings. The van der Waals surface area contributed by atoms with Crippen molar-refractivity contribution in [2.24, 2.45) is 0 Å². The van der Waals surface area contributed by atoms with Crippen LogP contribution in [-0.4, -0.2) is 34.5 Å². The van der Waals surface area contributed by atoms with E-state index in [0.717, 1.165) is 0 Å². The van der Waals surface area contributed by atoms with Crippen LogP contribution in [0.25, 0.3) is 5.82 Å². The van der Waals surface area contributed by atoms with Gasteiger partial charge in [-0.25, -0.2) is 22.5 Å².